The molecule has 0 amide bonds. The molecule has 0 fully saturated rings. The summed E-state index contributed by atoms with van der Waals surface area (Å²) in [5.41, 5.74) is 4.33. The SMILES string of the molecule is COc1ccc(N=Nc2c(O)n(Cc3ccccc3)c3cc(C)ccc23)cc1. The fourth-order valence-corrected chi connectivity index (χ4v) is 3.21. The topological polar surface area (TPSA) is 59.1 Å². The van der Waals surface area contributed by atoms with Gasteiger partial charge in [-0.15, -0.1) is 5.11 Å². The van der Waals surface area contributed by atoms with E-state index in [9.17, 15) is 5.11 Å². The number of benzene rings is 3. The van der Waals surface area contributed by atoms with E-state index in [0.717, 1.165) is 27.8 Å². The van der Waals surface area contributed by atoms with Gasteiger partial charge in [-0.2, -0.15) is 5.11 Å². The number of ether oxygens (including phenoxy) is 1. The lowest BCUT2D eigenvalue weighted by molar-refractivity contribution is 0.415. The van der Waals surface area contributed by atoms with Crippen molar-refractivity contribution in [3.05, 3.63) is 83.9 Å². The van der Waals surface area contributed by atoms with Gasteiger partial charge in [-0.1, -0.05) is 42.5 Å². The second-order valence-corrected chi connectivity index (χ2v) is 6.66. The van der Waals surface area contributed by atoms with Crippen LogP contribution >= 0.6 is 0 Å². The van der Waals surface area contributed by atoms with Gasteiger partial charge in [-0.25, -0.2) is 0 Å². The van der Waals surface area contributed by atoms with Crippen LogP contribution in [0.3, 0.4) is 0 Å². The minimum atomic E-state index is 0.113. The molecule has 0 unspecified atom stereocenters. The molecule has 140 valence electrons. The summed E-state index contributed by atoms with van der Waals surface area (Å²) < 4.78 is 7.04. The lowest BCUT2D eigenvalue weighted by atomic mass is 10.1. The van der Waals surface area contributed by atoms with Crippen molar-refractivity contribution in [2.45, 2.75) is 13.5 Å². The number of fused-ring (bicyclic) bond motifs is 1. The molecule has 0 atom stereocenters. The summed E-state index contributed by atoms with van der Waals surface area (Å²) in [5.74, 6) is 0.874. The van der Waals surface area contributed by atoms with Crippen molar-refractivity contribution in [3.63, 3.8) is 0 Å². The molecule has 0 spiro atoms. The minimum absolute atomic E-state index is 0.113. The fourth-order valence-electron chi connectivity index (χ4n) is 3.21. The lowest BCUT2D eigenvalue weighted by Gasteiger charge is -2.07. The summed E-state index contributed by atoms with van der Waals surface area (Å²) in [5, 5.41) is 20.5. The van der Waals surface area contributed by atoms with Crippen LogP contribution in [0.4, 0.5) is 11.4 Å². The summed E-state index contributed by atoms with van der Waals surface area (Å²) in [6.45, 7) is 2.60. The maximum atomic E-state index is 10.9. The zero-order valence-electron chi connectivity index (χ0n) is 15.8. The van der Waals surface area contributed by atoms with E-state index >= 15 is 0 Å². The van der Waals surface area contributed by atoms with Crippen LogP contribution in [0.2, 0.25) is 0 Å². The normalized spacial score (nSPS) is 11.4. The zero-order chi connectivity index (χ0) is 19.5. The molecule has 0 saturated heterocycles. The Morgan fingerprint density at radius 3 is 2.39 bits per heavy atom. The molecule has 5 nitrogen and oxygen atoms in total. The van der Waals surface area contributed by atoms with Gasteiger partial charge >= 0.3 is 0 Å². The number of aryl methyl sites for hydroxylation is 1. The van der Waals surface area contributed by atoms with E-state index in [0.29, 0.717) is 17.9 Å². The van der Waals surface area contributed by atoms with Gasteiger partial charge in [-0.05, 0) is 48.4 Å². The number of nitrogens with zero attached hydrogens (tertiary/aromatic N) is 3. The van der Waals surface area contributed by atoms with E-state index in [2.05, 4.69) is 16.3 Å². The highest BCUT2D eigenvalue weighted by molar-refractivity contribution is 5.95. The summed E-state index contributed by atoms with van der Waals surface area (Å²) in [6.07, 6.45) is 0. The van der Waals surface area contributed by atoms with Crippen molar-refractivity contribution in [3.8, 4) is 11.6 Å². The van der Waals surface area contributed by atoms with E-state index in [1.807, 2.05) is 78.2 Å². The van der Waals surface area contributed by atoms with Crippen molar-refractivity contribution in [1.82, 2.24) is 4.57 Å². The molecule has 4 rings (SSSR count). The Morgan fingerprint density at radius 1 is 0.929 bits per heavy atom. The van der Waals surface area contributed by atoms with Gasteiger partial charge in [0.15, 0.2) is 5.69 Å². The Labute approximate surface area is 163 Å². The highest BCUT2D eigenvalue weighted by atomic mass is 16.5. The van der Waals surface area contributed by atoms with E-state index in [4.69, 9.17) is 4.74 Å². The second kappa shape index (κ2) is 7.56. The van der Waals surface area contributed by atoms with Crippen molar-refractivity contribution >= 4 is 22.3 Å². The number of aromatic nitrogens is 1. The number of methoxy groups -OCH3 is 1. The van der Waals surface area contributed by atoms with E-state index in [1.54, 1.807) is 7.11 Å². The van der Waals surface area contributed by atoms with Gasteiger partial charge in [0.25, 0.3) is 0 Å². The Hall–Kier alpha value is -3.60. The molecular formula is C23H21N3O2. The van der Waals surface area contributed by atoms with Crippen molar-refractivity contribution in [2.75, 3.05) is 7.11 Å². The first-order valence-corrected chi connectivity index (χ1v) is 9.07. The maximum absolute atomic E-state index is 10.9. The molecule has 0 bridgehead atoms. The van der Waals surface area contributed by atoms with Gasteiger partial charge < -0.3 is 14.4 Å². The van der Waals surface area contributed by atoms with Crippen LogP contribution in [0.5, 0.6) is 11.6 Å². The number of rotatable bonds is 5. The standard InChI is InChI=1S/C23H21N3O2/c1-16-8-13-20-21(14-16)26(15-17-6-4-3-5-7-17)23(27)22(20)25-24-18-9-11-19(28-2)12-10-18/h3-14,27H,15H2,1-2H3. The Balaban J connectivity index is 1.77. The van der Waals surface area contributed by atoms with Gasteiger partial charge in [0, 0.05) is 5.39 Å². The third kappa shape index (κ3) is 3.47. The molecule has 0 aliphatic heterocycles. The lowest BCUT2D eigenvalue weighted by Crippen LogP contribution is -1.98. The molecule has 0 radical (unpaired) electrons. The zero-order valence-corrected chi connectivity index (χ0v) is 15.8. The first-order valence-electron chi connectivity index (χ1n) is 9.07. The molecule has 1 N–H and O–H groups in total. The van der Waals surface area contributed by atoms with Gasteiger partial charge in [-0.3, -0.25) is 0 Å². The van der Waals surface area contributed by atoms with Crippen LogP contribution in [-0.2, 0) is 6.54 Å². The summed E-state index contributed by atoms with van der Waals surface area (Å²) >= 11 is 0. The summed E-state index contributed by atoms with van der Waals surface area (Å²) in [7, 11) is 1.62. The van der Waals surface area contributed by atoms with E-state index in [1.165, 1.54) is 0 Å². The summed E-state index contributed by atoms with van der Waals surface area (Å²) in [6, 6.07) is 23.4. The highest BCUT2D eigenvalue weighted by Gasteiger charge is 2.17. The molecule has 0 saturated carbocycles. The maximum Gasteiger partial charge on any atom is 0.221 e. The van der Waals surface area contributed by atoms with Crippen LogP contribution < -0.4 is 4.74 Å². The molecule has 4 aromatic rings. The third-order valence-corrected chi connectivity index (χ3v) is 4.69. The van der Waals surface area contributed by atoms with Crippen molar-refractivity contribution in [2.24, 2.45) is 10.2 Å². The molecule has 3 aromatic carbocycles. The van der Waals surface area contributed by atoms with Crippen LogP contribution in [0.1, 0.15) is 11.1 Å². The second-order valence-electron chi connectivity index (χ2n) is 6.66. The number of hydrogen-bond acceptors (Lipinski definition) is 4. The third-order valence-electron chi connectivity index (χ3n) is 4.69. The number of aromatic hydroxyl groups is 1. The average molecular weight is 371 g/mol. The first kappa shape index (κ1) is 17.8. The average Bonchev–Trinajstić information content (AvgIpc) is 2.98. The molecule has 0 aliphatic carbocycles. The predicted octanol–water partition coefficient (Wildman–Crippen LogP) is 6.13. The first-order chi connectivity index (χ1) is 13.7. The van der Waals surface area contributed by atoms with Crippen LogP contribution in [0.15, 0.2) is 83.0 Å². The monoisotopic (exact) mass is 371 g/mol. The Morgan fingerprint density at radius 2 is 1.68 bits per heavy atom. The quantitative estimate of drug-likeness (QED) is 0.429. The number of azo groups is 1. The van der Waals surface area contributed by atoms with Crippen LogP contribution in [-0.4, -0.2) is 16.8 Å². The Kier molecular flexibility index (Phi) is 4.81. The van der Waals surface area contributed by atoms with Gasteiger partial charge in [0.1, 0.15) is 5.75 Å². The Bertz CT molecular complexity index is 1130. The van der Waals surface area contributed by atoms with Crippen molar-refractivity contribution in [1.29, 1.82) is 0 Å². The number of hydrogen-bond donors (Lipinski definition) is 1. The molecule has 28 heavy (non-hydrogen) atoms. The fraction of sp³-hybridized carbons (Fsp3) is 0.130. The van der Waals surface area contributed by atoms with E-state index in [-0.39, 0.29) is 5.88 Å². The molecule has 0 aliphatic rings. The summed E-state index contributed by atoms with van der Waals surface area (Å²) in [4.78, 5) is 0. The van der Waals surface area contributed by atoms with Crippen molar-refractivity contribution < 1.29 is 9.84 Å². The van der Waals surface area contributed by atoms with Gasteiger partial charge in [0.2, 0.25) is 5.88 Å². The highest BCUT2D eigenvalue weighted by Crippen LogP contribution is 2.40. The smallest absolute Gasteiger partial charge is 0.221 e. The van der Waals surface area contributed by atoms with Crippen LogP contribution in [0, 0.1) is 6.92 Å². The predicted molar refractivity (Wildman–Crippen MR) is 111 cm³/mol. The largest absolute Gasteiger partial charge is 0.497 e. The molecular weight excluding hydrogens is 350 g/mol. The molecule has 5 heteroatoms. The molecule has 1 heterocycles. The minimum Gasteiger partial charge on any atom is -0.497 e. The molecule has 1 aromatic heterocycles. The van der Waals surface area contributed by atoms with E-state index < -0.39 is 0 Å². The van der Waals surface area contributed by atoms with Gasteiger partial charge in [0.05, 0.1) is 24.9 Å². The van der Waals surface area contributed by atoms with Crippen LogP contribution in [0.25, 0.3) is 10.9 Å².